The number of hydrogen-bond acceptors (Lipinski definition) is 4. The Morgan fingerprint density at radius 3 is 2.79 bits per heavy atom. The normalized spacial score (nSPS) is 23.4. The molecule has 1 aliphatic heterocycles. The van der Waals surface area contributed by atoms with E-state index in [0.717, 1.165) is 37.5 Å². The van der Waals surface area contributed by atoms with Crippen LogP contribution in [0.4, 0.5) is 11.4 Å². The molecule has 0 aliphatic carbocycles. The van der Waals surface area contributed by atoms with Crippen LogP contribution in [-0.2, 0) is 4.74 Å². The summed E-state index contributed by atoms with van der Waals surface area (Å²) in [7, 11) is 0. The summed E-state index contributed by atoms with van der Waals surface area (Å²) in [5, 5.41) is 3.53. The van der Waals surface area contributed by atoms with Gasteiger partial charge >= 0.3 is 0 Å². The van der Waals surface area contributed by atoms with Gasteiger partial charge in [-0.25, -0.2) is 0 Å². The second-order valence-electron chi connectivity index (χ2n) is 5.80. The summed E-state index contributed by atoms with van der Waals surface area (Å²) in [6.45, 7) is 7.77. The predicted molar refractivity (Wildman–Crippen MR) is 78.7 cm³/mol. The van der Waals surface area contributed by atoms with Gasteiger partial charge in [0.2, 0.25) is 0 Å². The molecule has 1 atom stereocenters. The maximum Gasteiger partial charge on any atom is 0.123 e. The third-order valence-corrected chi connectivity index (χ3v) is 3.18. The van der Waals surface area contributed by atoms with Crippen molar-refractivity contribution in [2.75, 3.05) is 24.3 Å². The molecule has 0 radical (unpaired) electrons. The molecule has 1 fully saturated rings. The van der Waals surface area contributed by atoms with Crippen LogP contribution in [-0.4, -0.2) is 24.9 Å². The molecule has 0 amide bonds. The van der Waals surface area contributed by atoms with Crippen LogP contribution in [0.5, 0.6) is 5.75 Å². The molecule has 1 heterocycles. The number of rotatable bonds is 4. The van der Waals surface area contributed by atoms with E-state index >= 15 is 0 Å². The van der Waals surface area contributed by atoms with Crippen LogP contribution < -0.4 is 15.8 Å². The van der Waals surface area contributed by atoms with Crippen LogP contribution in [0.25, 0.3) is 0 Å². The lowest BCUT2D eigenvalue weighted by atomic mass is 9.94. The molecule has 1 unspecified atom stereocenters. The summed E-state index contributed by atoms with van der Waals surface area (Å²) in [5.41, 5.74) is 7.60. The van der Waals surface area contributed by atoms with Crippen molar-refractivity contribution in [2.24, 2.45) is 0 Å². The van der Waals surface area contributed by atoms with Gasteiger partial charge in [0, 0.05) is 30.1 Å². The fourth-order valence-corrected chi connectivity index (χ4v) is 2.42. The first-order valence-electron chi connectivity index (χ1n) is 6.90. The molecule has 4 heteroatoms. The molecule has 3 N–H and O–H groups in total. The van der Waals surface area contributed by atoms with E-state index < -0.39 is 0 Å². The lowest BCUT2D eigenvalue weighted by molar-refractivity contribution is 0.0540. The molecule has 2 rings (SSSR count). The smallest absolute Gasteiger partial charge is 0.123 e. The van der Waals surface area contributed by atoms with E-state index in [2.05, 4.69) is 12.2 Å². The first-order valence-corrected chi connectivity index (χ1v) is 6.90. The van der Waals surface area contributed by atoms with Crippen molar-refractivity contribution in [3.8, 4) is 5.75 Å². The van der Waals surface area contributed by atoms with Crippen molar-refractivity contribution in [3.63, 3.8) is 0 Å². The molecular weight excluding hydrogens is 240 g/mol. The Morgan fingerprint density at radius 2 is 2.16 bits per heavy atom. The number of nitrogens with two attached hydrogens (primary N) is 1. The van der Waals surface area contributed by atoms with Crippen LogP contribution in [0.15, 0.2) is 18.2 Å². The van der Waals surface area contributed by atoms with E-state index in [1.165, 1.54) is 0 Å². The number of benzene rings is 1. The highest BCUT2D eigenvalue weighted by molar-refractivity contribution is 5.60. The average Bonchev–Trinajstić information content (AvgIpc) is 2.27. The summed E-state index contributed by atoms with van der Waals surface area (Å²) in [5.74, 6) is 0.804. The maximum absolute atomic E-state index is 5.93. The molecule has 1 saturated heterocycles. The fraction of sp³-hybridized carbons (Fsp3) is 0.600. The molecule has 106 valence electrons. The van der Waals surface area contributed by atoms with E-state index in [4.69, 9.17) is 15.2 Å². The zero-order chi connectivity index (χ0) is 13.9. The molecule has 1 aromatic carbocycles. The first kappa shape index (κ1) is 14.0. The molecule has 4 nitrogen and oxygen atoms in total. The number of nitrogen functional groups attached to an aromatic ring is 1. The minimum Gasteiger partial charge on any atom is -0.491 e. The van der Waals surface area contributed by atoms with Gasteiger partial charge in [-0.1, -0.05) is 0 Å². The van der Waals surface area contributed by atoms with Crippen molar-refractivity contribution in [1.29, 1.82) is 0 Å². The van der Waals surface area contributed by atoms with Crippen LogP contribution in [0.1, 0.15) is 33.6 Å². The summed E-state index contributed by atoms with van der Waals surface area (Å²) < 4.78 is 11.3. The van der Waals surface area contributed by atoms with Gasteiger partial charge in [0.1, 0.15) is 5.75 Å². The first-order chi connectivity index (χ1) is 8.97. The molecule has 1 aliphatic rings. The Kier molecular flexibility index (Phi) is 4.20. The summed E-state index contributed by atoms with van der Waals surface area (Å²) >= 11 is 0. The Labute approximate surface area is 115 Å². The predicted octanol–water partition coefficient (Wildman–Crippen LogP) is 3.04. The quantitative estimate of drug-likeness (QED) is 0.821. The molecule has 0 saturated carbocycles. The molecule has 0 bridgehead atoms. The minimum atomic E-state index is -0.0266. The highest BCUT2D eigenvalue weighted by Crippen LogP contribution is 2.28. The number of nitrogens with one attached hydrogen (secondary N) is 1. The highest BCUT2D eigenvalue weighted by Gasteiger charge is 2.27. The number of hydrogen-bond donors (Lipinski definition) is 2. The van der Waals surface area contributed by atoms with Gasteiger partial charge in [-0.3, -0.25) is 0 Å². The number of anilines is 2. The highest BCUT2D eigenvalue weighted by atomic mass is 16.5. The zero-order valence-corrected chi connectivity index (χ0v) is 12.0. The topological polar surface area (TPSA) is 56.5 Å². The van der Waals surface area contributed by atoms with Gasteiger partial charge in [0.25, 0.3) is 0 Å². The van der Waals surface area contributed by atoms with Crippen molar-refractivity contribution < 1.29 is 9.47 Å². The van der Waals surface area contributed by atoms with E-state index in [0.29, 0.717) is 5.69 Å². The third kappa shape index (κ3) is 4.03. The van der Waals surface area contributed by atoms with Gasteiger partial charge in [-0.2, -0.15) is 0 Å². The van der Waals surface area contributed by atoms with Gasteiger partial charge in [0.15, 0.2) is 0 Å². The van der Waals surface area contributed by atoms with E-state index in [1.807, 2.05) is 32.0 Å². The lowest BCUT2D eigenvalue weighted by Gasteiger charge is -2.35. The SMILES string of the molecule is CC(C)Oc1cc(N)cc(NC2(C)CCCOC2)c1. The van der Waals surface area contributed by atoms with Crippen LogP contribution in [0.3, 0.4) is 0 Å². The second-order valence-corrected chi connectivity index (χ2v) is 5.80. The Balaban J connectivity index is 2.12. The monoisotopic (exact) mass is 264 g/mol. The second kappa shape index (κ2) is 5.70. The molecular formula is C15H24N2O2. The fourth-order valence-electron chi connectivity index (χ4n) is 2.42. The van der Waals surface area contributed by atoms with Gasteiger partial charge in [-0.05, 0) is 39.7 Å². The van der Waals surface area contributed by atoms with Gasteiger partial charge in [0.05, 0.1) is 18.2 Å². The van der Waals surface area contributed by atoms with Crippen LogP contribution in [0.2, 0.25) is 0 Å². The average molecular weight is 264 g/mol. The molecule has 19 heavy (non-hydrogen) atoms. The van der Waals surface area contributed by atoms with Gasteiger partial charge < -0.3 is 20.5 Å². The minimum absolute atomic E-state index is 0.0266. The maximum atomic E-state index is 5.93. The summed E-state index contributed by atoms with van der Waals surface area (Å²) in [6.07, 6.45) is 2.33. The standard InChI is InChI=1S/C15H24N2O2/c1-11(2)19-14-8-12(16)7-13(9-14)17-15(3)5-4-6-18-10-15/h7-9,11,17H,4-6,10,16H2,1-3H3. The van der Waals surface area contributed by atoms with Crippen LogP contribution in [0, 0.1) is 0 Å². The van der Waals surface area contributed by atoms with Crippen molar-refractivity contribution in [1.82, 2.24) is 0 Å². The Bertz CT molecular complexity index is 426. The van der Waals surface area contributed by atoms with Crippen molar-refractivity contribution >= 4 is 11.4 Å². The molecule has 1 aromatic rings. The summed E-state index contributed by atoms with van der Waals surface area (Å²) in [4.78, 5) is 0. The van der Waals surface area contributed by atoms with Gasteiger partial charge in [-0.15, -0.1) is 0 Å². The summed E-state index contributed by atoms with van der Waals surface area (Å²) in [6, 6.07) is 5.79. The Hall–Kier alpha value is -1.42. The van der Waals surface area contributed by atoms with E-state index in [-0.39, 0.29) is 11.6 Å². The lowest BCUT2D eigenvalue weighted by Crippen LogP contribution is -2.43. The largest absolute Gasteiger partial charge is 0.491 e. The third-order valence-electron chi connectivity index (χ3n) is 3.18. The molecule has 0 spiro atoms. The Morgan fingerprint density at radius 1 is 1.37 bits per heavy atom. The van der Waals surface area contributed by atoms with Crippen molar-refractivity contribution in [2.45, 2.75) is 45.3 Å². The number of ether oxygens (including phenoxy) is 2. The van der Waals surface area contributed by atoms with Crippen LogP contribution >= 0.6 is 0 Å². The van der Waals surface area contributed by atoms with Crippen molar-refractivity contribution in [3.05, 3.63) is 18.2 Å². The van der Waals surface area contributed by atoms with E-state index in [1.54, 1.807) is 0 Å². The molecule has 0 aromatic heterocycles. The van der Waals surface area contributed by atoms with E-state index in [9.17, 15) is 0 Å². The zero-order valence-electron chi connectivity index (χ0n) is 12.0.